The maximum absolute atomic E-state index is 12.5. The van der Waals surface area contributed by atoms with E-state index in [0.717, 1.165) is 51.4 Å². The molecule has 0 aliphatic rings. The molecule has 0 fully saturated rings. The van der Waals surface area contributed by atoms with Crippen LogP contribution in [0.3, 0.4) is 0 Å². The maximum atomic E-state index is 12.5. The molecule has 0 aromatic carbocycles. The molecule has 0 aliphatic carbocycles. The number of esters is 1. The van der Waals surface area contributed by atoms with Crippen LogP contribution in [0.1, 0.15) is 418 Å². The van der Waals surface area contributed by atoms with Crippen molar-refractivity contribution >= 4 is 11.9 Å². The lowest BCUT2D eigenvalue weighted by atomic mass is 10.0. The van der Waals surface area contributed by atoms with Gasteiger partial charge < -0.3 is 20.3 Å². The molecule has 0 bridgehead atoms. The highest BCUT2D eigenvalue weighted by Crippen LogP contribution is 2.19. The molecule has 2 unspecified atom stereocenters. The first-order valence-corrected chi connectivity index (χ1v) is 38.4. The molecule has 0 aromatic rings. The second-order valence-corrected chi connectivity index (χ2v) is 26.3. The molecule has 0 heterocycles. The van der Waals surface area contributed by atoms with Gasteiger partial charge in [0.2, 0.25) is 5.91 Å². The average molecular weight is 1190 g/mol. The number of aliphatic hydroxyl groups excluding tert-OH is 2. The number of carbonyl (C=O) groups excluding carboxylic acids is 2. The van der Waals surface area contributed by atoms with Gasteiger partial charge in [0.25, 0.3) is 0 Å². The van der Waals surface area contributed by atoms with Gasteiger partial charge in [-0.1, -0.05) is 364 Å². The van der Waals surface area contributed by atoms with Crippen LogP contribution in [0.25, 0.3) is 0 Å². The molecule has 6 heteroatoms. The van der Waals surface area contributed by atoms with Gasteiger partial charge in [0, 0.05) is 12.8 Å². The number of hydrogen-bond donors (Lipinski definition) is 3. The zero-order valence-corrected chi connectivity index (χ0v) is 57.4. The van der Waals surface area contributed by atoms with Crippen molar-refractivity contribution in [3.05, 3.63) is 48.6 Å². The Kier molecular flexibility index (Phi) is 72.4. The fraction of sp³-hybridized carbons (Fsp3) is 0.873. The first-order chi connectivity index (χ1) is 42.0. The summed E-state index contributed by atoms with van der Waals surface area (Å²) >= 11 is 0. The molecule has 3 N–H and O–H groups in total. The minimum absolute atomic E-state index is 0.00309. The first-order valence-electron chi connectivity index (χ1n) is 38.4. The van der Waals surface area contributed by atoms with Gasteiger partial charge in [-0.25, -0.2) is 0 Å². The highest BCUT2D eigenvalue weighted by molar-refractivity contribution is 5.76. The van der Waals surface area contributed by atoms with E-state index in [0.29, 0.717) is 19.4 Å². The zero-order chi connectivity index (χ0) is 61.3. The lowest BCUT2D eigenvalue weighted by Crippen LogP contribution is -2.45. The summed E-state index contributed by atoms with van der Waals surface area (Å²) in [4.78, 5) is 24.6. The smallest absolute Gasteiger partial charge is 0.305 e. The summed E-state index contributed by atoms with van der Waals surface area (Å²) in [5, 5.41) is 23.3. The Morgan fingerprint density at radius 1 is 0.329 bits per heavy atom. The van der Waals surface area contributed by atoms with Crippen LogP contribution in [0.2, 0.25) is 0 Å². The van der Waals surface area contributed by atoms with Gasteiger partial charge in [-0.3, -0.25) is 9.59 Å². The fourth-order valence-electron chi connectivity index (χ4n) is 12.0. The van der Waals surface area contributed by atoms with Crippen LogP contribution in [0.15, 0.2) is 48.6 Å². The van der Waals surface area contributed by atoms with Gasteiger partial charge in [0.15, 0.2) is 0 Å². The van der Waals surface area contributed by atoms with E-state index in [-0.39, 0.29) is 18.5 Å². The number of allylic oxidation sites excluding steroid dienone is 7. The molecule has 6 nitrogen and oxygen atoms in total. The molecule has 0 spiro atoms. The van der Waals surface area contributed by atoms with Gasteiger partial charge in [-0.2, -0.15) is 0 Å². The minimum Gasteiger partial charge on any atom is -0.466 e. The second kappa shape index (κ2) is 74.3. The Labute approximate surface area is 531 Å². The molecule has 500 valence electrons. The lowest BCUT2D eigenvalue weighted by molar-refractivity contribution is -0.143. The molecule has 0 aliphatic heterocycles. The Morgan fingerprint density at radius 3 is 0.918 bits per heavy atom. The third-order valence-corrected chi connectivity index (χ3v) is 17.8. The van der Waals surface area contributed by atoms with E-state index in [2.05, 4.69) is 55.6 Å². The van der Waals surface area contributed by atoms with E-state index in [9.17, 15) is 19.8 Å². The summed E-state index contributed by atoms with van der Waals surface area (Å²) < 4.78 is 5.49. The van der Waals surface area contributed by atoms with Gasteiger partial charge in [-0.15, -0.1) is 0 Å². The summed E-state index contributed by atoms with van der Waals surface area (Å²) in [6, 6.07) is -0.629. The summed E-state index contributed by atoms with van der Waals surface area (Å²) in [5.41, 5.74) is 0. The van der Waals surface area contributed by atoms with Crippen LogP contribution in [0.4, 0.5) is 0 Å². The van der Waals surface area contributed by atoms with Crippen molar-refractivity contribution in [3.8, 4) is 0 Å². The Balaban J connectivity index is 3.40. The number of carbonyl (C=O) groups is 2. The quantitative estimate of drug-likeness (QED) is 0.0320. The van der Waals surface area contributed by atoms with E-state index in [4.69, 9.17) is 4.74 Å². The van der Waals surface area contributed by atoms with Gasteiger partial charge >= 0.3 is 5.97 Å². The Hall–Kier alpha value is -2.18. The lowest BCUT2D eigenvalue weighted by Gasteiger charge is -2.20. The Morgan fingerprint density at radius 2 is 0.588 bits per heavy atom. The summed E-state index contributed by atoms with van der Waals surface area (Å²) in [5.74, 6) is -0.0601. The van der Waals surface area contributed by atoms with Crippen molar-refractivity contribution in [1.82, 2.24) is 5.32 Å². The summed E-state index contributed by atoms with van der Waals surface area (Å²) in [6.07, 6.45) is 97.9. The Bertz CT molecular complexity index is 1420. The van der Waals surface area contributed by atoms with E-state index in [1.165, 1.54) is 340 Å². The number of rotatable bonds is 72. The van der Waals surface area contributed by atoms with Crippen LogP contribution in [0.5, 0.6) is 0 Å². The molecule has 0 radical (unpaired) electrons. The van der Waals surface area contributed by atoms with E-state index < -0.39 is 12.1 Å². The van der Waals surface area contributed by atoms with Crippen LogP contribution in [-0.4, -0.2) is 47.4 Å². The summed E-state index contributed by atoms with van der Waals surface area (Å²) in [6.45, 7) is 4.92. The van der Waals surface area contributed by atoms with E-state index in [1.807, 2.05) is 6.08 Å². The van der Waals surface area contributed by atoms with Crippen molar-refractivity contribution in [1.29, 1.82) is 0 Å². The second-order valence-electron chi connectivity index (χ2n) is 26.3. The van der Waals surface area contributed by atoms with Crippen molar-refractivity contribution in [3.63, 3.8) is 0 Å². The number of nitrogens with one attached hydrogen (secondary N) is 1. The van der Waals surface area contributed by atoms with Gasteiger partial charge in [0.05, 0.1) is 25.4 Å². The first kappa shape index (κ1) is 82.8. The minimum atomic E-state index is -0.846. The molecule has 0 aromatic heterocycles. The normalized spacial score (nSPS) is 12.8. The number of aliphatic hydroxyl groups is 2. The predicted octanol–water partition coefficient (Wildman–Crippen LogP) is 25.2. The highest BCUT2D eigenvalue weighted by Gasteiger charge is 2.18. The molecule has 1 amide bonds. The molecule has 0 saturated carbocycles. The van der Waals surface area contributed by atoms with Gasteiger partial charge in [0.1, 0.15) is 0 Å². The standard InChI is InChI=1S/C79H149NO5/c1-3-5-7-9-11-13-15-17-19-21-22-23-31-34-37-40-43-47-51-55-59-63-67-71-77(82)76(75-81)80-78(83)72-68-64-60-56-52-48-44-41-38-35-32-29-27-25-24-26-28-30-33-36-39-42-46-50-54-58-62-66-70-74-85-79(84)73-69-65-61-57-53-49-45-20-18-16-14-12-10-8-6-4-2/h14,16,20,24,26,45,67,71,76-77,81-82H,3-13,15,17-19,21-23,25,27-44,46-66,68-70,72-75H2,1-2H3,(H,80,83)/b16-14-,26-24-,45-20-,71-67+. The van der Waals surface area contributed by atoms with Gasteiger partial charge in [-0.05, 0) is 89.9 Å². The largest absolute Gasteiger partial charge is 0.466 e. The molecule has 2 atom stereocenters. The molecule has 85 heavy (non-hydrogen) atoms. The zero-order valence-electron chi connectivity index (χ0n) is 57.4. The monoisotopic (exact) mass is 1190 g/mol. The van der Waals surface area contributed by atoms with Crippen LogP contribution in [-0.2, 0) is 14.3 Å². The van der Waals surface area contributed by atoms with Crippen LogP contribution in [0, 0.1) is 0 Å². The fourth-order valence-corrected chi connectivity index (χ4v) is 12.0. The van der Waals surface area contributed by atoms with Crippen molar-refractivity contribution in [2.24, 2.45) is 0 Å². The summed E-state index contributed by atoms with van der Waals surface area (Å²) in [7, 11) is 0. The van der Waals surface area contributed by atoms with Crippen molar-refractivity contribution in [2.75, 3.05) is 13.2 Å². The third-order valence-electron chi connectivity index (χ3n) is 17.8. The SMILES string of the molecule is CCCCCC/C=C\C/C=C\CCCCCCCC(=O)OCCCCCCCCCCCCCC/C=C\CCCCCCCCCCCCCCCC(=O)NC(CO)C(O)/C=C/CCCCCCCCCCCCCCCCCCCCCCC. The maximum Gasteiger partial charge on any atom is 0.305 e. The number of hydrogen-bond acceptors (Lipinski definition) is 5. The van der Waals surface area contributed by atoms with Crippen LogP contribution < -0.4 is 5.32 Å². The number of unbranched alkanes of at least 4 members (excludes halogenated alkanes) is 55. The average Bonchev–Trinajstić information content (AvgIpc) is 3.51. The molecule has 0 rings (SSSR count). The number of ether oxygens (including phenoxy) is 1. The third kappa shape index (κ3) is 70.8. The predicted molar refractivity (Wildman–Crippen MR) is 375 cm³/mol. The van der Waals surface area contributed by atoms with E-state index >= 15 is 0 Å². The molecule has 0 saturated heterocycles. The van der Waals surface area contributed by atoms with Crippen molar-refractivity contribution in [2.45, 2.75) is 431 Å². The molecular formula is C79H149NO5. The number of amides is 1. The van der Waals surface area contributed by atoms with E-state index in [1.54, 1.807) is 6.08 Å². The topological polar surface area (TPSA) is 95.9 Å². The van der Waals surface area contributed by atoms with Crippen LogP contribution >= 0.6 is 0 Å². The van der Waals surface area contributed by atoms with Crippen molar-refractivity contribution < 1.29 is 24.5 Å². The molecular weight excluding hydrogens is 1040 g/mol. The highest BCUT2D eigenvalue weighted by atomic mass is 16.5.